The third-order valence-electron chi connectivity index (χ3n) is 4.53. The highest BCUT2D eigenvalue weighted by atomic mass is 32.2. The maximum Gasteiger partial charge on any atom is 0.239 e. The van der Waals surface area contributed by atoms with Gasteiger partial charge in [-0.05, 0) is 43.4 Å². The number of benzene rings is 1. The van der Waals surface area contributed by atoms with Crippen molar-refractivity contribution in [2.45, 2.75) is 50.5 Å². The number of hydrogen-bond acceptors (Lipinski definition) is 4. The highest BCUT2D eigenvalue weighted by molar-refractivity contribution is 7.90. The quantitative estimate of drug-likeness (QED) is 0.865. The van der Waals surface area contributed by atoms with Crippen molar-refractivity contribution in [2.24, 2.45) is 5.92 Å². The van der Waals surface area contributed by atoms with Crippen molar-refractivity contribution in [3.63, 3.8) is 0 Å². The molecule has 1 amide bonds. The fourth-order valence-corrected chi connectivity index (χ4v) is 3.63. The van der Waals surface area contributed by atoms with E-state index in [-0.39, 0.29) is 23.4 Å². The van der Waals surface area contributed by atoms with Gasteiger partial charge in [-0.1, -0.05) is 25.8 Å². The summed E-state index contributed by atoms with van der Waals surface area (Å²) < 4.78 is 23.3. The van der Waals surface area contributed by atoms with Gasteiger partial charge in [0.2, 0.25) is 5.91 Å². The number of carbonyl (C=O) groups is 1. The molecule has 6 heteroatoms. The van der Waals surface area contributed by atoms with Crippen LogP contribution < -0.4 is 10.6 Å². The number of sulfone groups is 1. The van der Waals surface area contributed by atoms with E-state index in [4.69, 9.17) is 0 Å². The van der Waals surface area contributed by atoms with E-state index in [0.717, 1.165) is 24.8 Å². The molecular weight excluding hydrogens is 312 g/mol. The van der Waals surface area contributed by atoms with Crippen LogP contribution in [0.25, 0.3) is 0 Å². The van der Waals surface area contributed by atoms with Crippen LogP contribution in [0.3, 0.4) is 0 Å². The van der Waals surface area contributed by atoms with Crippen LogP contribution in [-0.4, -0.2) is 33.2 Å². The van der Waals surface area contributed by atoms with Gasteiger partial charge in [-0.15, -0.1) is 0 Å². The first-order chi connectivity index (χ1) is 10.8. The lowest BCUT2D eigenvalue weighted by molar-refractivity contribution is -0.120. The fourth-order valence-electron chi connectivity index (χ4n) is 2.99. The Morgan fingerprint density at radius 3 is 2.61 bits per heavy atom. The molecule has 1 aliphatic carbocycles. The molecule has 1 aliphatic rings. The van der Waals surface area contributed by atoms with Crippen molar-refractivity contribution >= 4 is 21.4 Å². The van der Waals surface area contributed by atoms with Gasteiger partial charge >= 0.3 is 0 Å². The standard InChI is InChI=1S/C17H26N2O3S/c1-12-6-4-5-7-15(12)19-17(20)11-18-16-10-14(23(3,21)22)9-8-13(16)2/h8-10,12,15,18H,4-7,11H2,1-3H3,(H,19,20)/t12-,15-/m0/s1. The minimum absolute atomic E-state index is 0.0482. The van der Waals surface area contributed by atoms with Crippen LogP contribution in [0, 0.1) is 12.8 Å². The van der Waals surface area contributed by atoms with E-state index in [1.165, 1.54) is 12.7 Å². The zero-order chi connectivity index (χ0) is 17.0. The summed E-state index contributed by atoms with van der Waals surface area (Å²) in [6, 6.07) is 5.17. The van der Waals surface area contributed by atoms with Gasteiger partial charge in [0.1, 0.15) is 0 Å². The Bertz CT molecular complexity index is 670. The van der Waals surface area contributed by atoms with Crippen molar-refractivity contribution in [3.8, 4) is 0 Å². The summed E-state index contributed by atoms with van der Waals surface area (Å²) in [4.78, 5) is 12.4. The minimum Gasteiger partial charge on any atom is -0.376 e. The van der Waals surface area contributed by atoms with Crippen molar-refractivity contribution in [1.29, 1.82) is 0 Å². The summed E-state index contributed by atoms with van der Waals surface area (Å²) in [6.45, 7) is 4.21. The first-order valence-electron chi connectivity index (χ1n) is 8.11. The number of anilines is 1. The molecule has 128 valence electrons. The predicted molar refractivity (Wildman–Crippen MR) is 92.3 cm³/mol. The smallest absolute Gasteiger partial charge is 0.239 e. The Morgan fingerprint density at radius 1 is 1.26 bits per heavy atom. The average molecular weight is 338 g/mol. The van der Waals surface area contributed by atoms with E-state index in [9.17, 15) is 13.2 Å². The molecule has 1 fully saturated rings. The lowest BCUT2D eigenvalue weighted by atomic mass is 9.86. The lowest BCUT2D eigenvalue weighted by Crippen LogP contribution is -2.43. The second kappa shape index (κ2) is 7.34. The Balaban J connectivity index is 1.96. The van der Waals surface area contributed by atoms with E-state index in [1.807, 2.05) is 6.92 Å². The van der Waals surface area contributed by atoms with Gasteiger partial charge in [-0.3, -0.25) is 4.79 Å². The second-order valence-corrected chi connectivity index (χ2v) is 8.55. The van der Waals surface area contributed by atoms with Gasteiger partial charge in [0.15, 0.2) is 9.84 Å². The number of nitrogens with one attached hydrogen (secondary N) is 2. The summed E-state index contributed by atoms with van der Waals surface area (Å²) in [7, 11) is -3.25. The van der Waals surface area contributed by atoms with Gasteiger partial charge in [0.25, 0.3) is 0 Å². The molecule has 5 nitrogen and oxygen atoms in total. The van der Waals surface area contributed by atoms with Crippen LogP contribution in [0.1, 0.15) is 38.2 Å². The van der Waals surface area contributed by atoms with Crippen LogP contribution >= 0.6 is 0 Å². The average Bonchev–Trinajstić information content (AvgIpc) is 2.47. The summed E-state index contributed by atoms with van der Waals surface area (Å²) in [5.74, 6) is 0.468. The van der Waals surface area contributed by atoms with Gasteiger partial charge in [0.05, 0.1) is 11.4 Å². The summed E-state index contributed by atoms with van der Waals surface area (Å²) in [5, 5.41) is 6.14. The van der Waals surface area contributed by atoms with E-state index < -0.39 is 9.84 Å². The zero-order valence-electron chi connectivity index (χ0n) is 14.1. The van der Waals surface area contributed by atoms with Crippen molar-refractivity contribution < 1.29 is 13.2 Å². The topological polar surface area (TPSA) is 75.3 Å². The summed E-state index contributed by atoms with van der Waals surface area (Å²) in [5.41, 5.74) is 1.59. The Labute approximate surface area is 138 Å². The lowest BCUT2D eigenvalue weighted by Gasteiger charge is -2.29. The van der Waals surface area contributed by atoms with Gasteiger partial charge in [0, 0.05) is 18.0 Å². The van der Waals surface area contributed by atoms with Gasteiger partial charge in [-0.25, -0.2) is 8.42 Å². The third kappa shape index (κ3) is 4.96. The molecule has 0 aromatic heterocycles. The molecule has 2 atom stereocenters. The molecule has 0 unspecified atom stereocenters. The van der Waals surface area contributed by atoms with E-state index in [2.05, 4.69) is 17.6 Å². The number of amides is 1. The van der Waals surface area contributed by atoms with Gasteiger partial charge < -0.3 is 10.6 Å². The molecule has 0 saturated heterocycles. The number of aryl methyl sites for hydroxylation is 1. The SMILES string of the molecule is Cc1ccc(S(C)(=O)=O)cc1NCC(=O)N[C@H]1CCCC[C@@H]1C. The van der Waals surface area contributed by atoms with E-state index in [1.54, 1.807) is 18.2 Å². The first-order valence-corrected chi connectivity index (χ1v) is 10.0. The Kier molecular flexibility index (Phi) is 5.68. The highest BCUT2D eigenvalue weighted by Gasteiger charge is 2.22. The van der Waals surface area contributed by atoms with Crippen LogP contribution in [0.4, 0.5) is 5.69 Å². The van der Waals surface area contributed by atoms with Crippen LogP contribution in [0.2, 0.25) is 0 Å². The summed E-state index contributed by atoms with van der Waals surface area (Å²) in [6.07, 6.45) is 5.78. The molecular formula is C17H26N2O3S. The predicted octanol–water partition coefficient (Wildman–Crippen LogP) is 2.51. The largest absolute Gasteiger partial charge is 0.376 e. The maximum atomic E-state index is 12.1. The maximum absolute atomic E-state index is 12.1. The molecule has 0 aliphatic heterocycles. The summed E-state index contributed by atoms with van der Waals surface area (Å²) >= 11 is 0. The molecule has 1 saturated carbocycles. The monoisotopic (exact) mass is 338 g/mol. The third-order valence-corrected chi connectivity index (χ3v) is 5.64. The molecule has 2 rings (SSSR count). The second-order valence-electron chi connectivity index (χ2n) is 6.54. The van der Waals surface area contributed by atoms with Crippen LogP contribution in [-0.2, 0) is 14.6 Å². The van der Waals surface area contributed by atoms with Crippen LogP contribution in [0.5, 0.6) is 0 Å². The molecule has 23 heavy (non-hydrogen) atoms. The normalized spacial score (nSPS) is 21.7. The molecule has 2 N–H and O–H groups in total. The molecule has 1 aromatic rings. The number of rotatable bonds is 5. The molecule has 0 radical (unpaired) electrons. The number of hydrogen-bond donors (Lipinski definition) is 2. The van der Waals surface area contributed by atoms with Crippen LogP contribution in [0.15, 0.2) is 23.1 Å². The molecule has 0 spiro atoms. The zero-order valence-corrected chi connectivity index (χ0v) is 14.9. The fraction of sp³-hybridized carbons (Fsp3) is 0.588. The van der Waals surface area contributed by atoms with Gasteiger partial charge in [-0.2, -0.15) is 0 Å². The van der Waals surface area contributed by atoms with E-state index >= 15 is 0 Å². The van der Waals surface area contributed by atoms with Crippen molar-refractivity contribution in [3.05, 3.63) is 23.8 Å². The van der Waals surface area contributed by atoms with E-state index in [0.29, 0.717) is 11.6 Å². The molecule has 1 aromatic carbocycles. The Morgan fingerprint density at radius 2 is 1.96 bits per heavy atom. The highest BCUT2D eigenvalue weighted by Crippen LogP contribution is 2.24. The Hall–Kier alpha value is -1.56. The number of carbonyl (C=O) groups excluding carboxylic acids is 1. The van der Waals surface area contributed by atoms with Crippen molar-refractivity contribution in [1.82, 2.24) is 5.32 Å². The minimum atomic E-state index is -3.25. The molecule has 0 bridgehead atoms. The first kappa shape index (κ1) is 17.8. The van der Waals surface area contributed by atoms with Crippen molar-refractivity contribution in [2.75, 3.05) is 18.1 Å². The molecule has 0 heterocycles.